The fourth-order valence-electron chi connectivity index (χ4n) is 2.13. The summed E-state index contributed by atoms with van der Waals surface area (Å²) in [6.07, 6.45) is 2.44. The van der Waals surface area contributed by atoms with E-state index in [1.807, 2.05) is 6.07 Å². The molecule has 4 heteroatoms. The van der Waals surface area contributed by atoms with Crippen molar-refractivity contribution >= 4 is 22.9 Å². The Morgan fingerprint density at radius 2 is 2.12 bits per heavy atom. The molecule has 1 aromatic carbocycles. The first kappa shape index (κ1) is 12.3. The monoisotopic (exact) mass is 252 g/mol. The van der Waals surface area contributed by atoms with Crippen molar-refractivity contribution < 1.29 is 4.39 Å². The molecule has 17 heavy (non-hydrogen) atoms. The minimum atomic E-state index is -0.367. The second kappa shape index (κ2) is 4.26. The summed E-state index contributed by atoms with van der Waals surface area (Å²) in [4.78, 5) is 0.0946. The number of thiocarbonyl (C=S) groups is 1. The predicted molar refractivity (Wildman–Crippen MR) is 72.7 cm³/mol. The van der Waals surface area contributed by atoms with Gasteiger partial charge in [-0.05, 0) is 44.7 Å². The molecule has 1 saturated carbocycles. The van der Waals surface area contributed by atoms with Crippen LogP contribution in [-0.4, -0.2) is 10.5 Å². The van der Waals surface area contributed by atoms with Crippen LogP contribution in [0.15, 0.2) is 18.2 Å². The molecule has 2 rings (SSSR count). The van der Waals surface area contributed by atoms with Crippen LogP contribution in [0.5, 0.6) is 0 Å². The molecule has 2 nitrogen and oxygen atoms in total. The highest BCUT2D eigenvalue weighted by molar-refractivity contribution is 7.80. The van der Waals surface area contributed by atoms with E-state index in [1.54, 1.807) is 6.07 Å². The minimum absolute atomic E-state index is 0.0483. The summed E-state index contributed by atoms with van der Waals surface area (Å²) >= 11 is 4.91. The van der Waals surface area contributed by atoms with Gasteiger partial charge in [0.2, 0.25) is 0 Å². The standard InChI is InChI=1S/C13H17FN2S/c1-13(2,8-6-7-8)16-10-5-3-4-9(14)11(10)12(15)17/h3-5,8,16H,6-7H2,1-2H3,(H2,15,17). The van der Waals surface area contributed by atoms with Gasteiger partial charge in [-0.15, -0.1) is 0 Å². The Bertz CT molecular complexity index is 453. The number of nitrogens with two attached hydrogens (primary N) is 1. The van der Waals surface area contributed by atoms with Crippen molar-refractivity contribution in [3.05, 3.63) is 29.6 Å². The number of nitrogens with one attached hydrogen (secondary N) is 1. The third kappa shape index (κ3) is 2.57. The van der Waals surface area contributed by atoms with E-state index < -0.39 is 0 Å². The number of benzene rings is 1. The van der Waals surface area contributed by atoms with Gasteiger partial charge in [-0.2, -0.15) is 0 Å². The topological polar surface area (TPSA) is 38.0 Å². The number of anilines is 1. The van der Waals surface area contributed by atoms with E-state index >= 15 is 0 Å². The van der Waals surface area contributed by atoms with Gasteiger partial charge in [0.15, 0.2) is 0 Å². The van der Waals surface area contributed by atoms with Crippen molar-refractivity contribution in [1.82, 2.24) is 0 Å². The summed E-state index contributed by atoms with van der Waals surface area (Å²) in [6, 6.07) is 4.87. The van der Waals surface area contributed by atoms with Gasteiger partial charge < -0.3 is 11.1 Å². The lowest BCUT2D eigenvalue weighted by Crippen LogP contribution is -2.34. The first-order valence-electron chi connectivity index (χ1n) is 5.78. The van der Waals surface area contributed by atoms with Gasteiger partial charge in [0, 0.05) is 11.2 Å². The van der Waals surface area contributed by atoms with Crippen molar-refractivity contribution in [3.8, 4) is 0 Å². The second-order valence-electron chi connectivity index (χ2n) is 5.15. The Morgan fingerprint density at radius 1 is 1.47 bits per heavy atom. The van der Waals surface area contributed by atoms with Crippen molar-refractivity contribution in [2.75, 3.05) is 5.32 Å². The molecule has 3 N–H and O–H groups in total. The van der Waals surface area contributed by atoms with Crippen LogP contribution in [0.4, 0.5) is 10.1 Å². The van der Waals surface area contributed by atoms with E-state index in [4.69, 9.17) is 18.0 Å². The fraction of sp³-hybridized carbons (Fsp3) is 0.462. The van der Waals surface area contributed by atoms with Crippen LogP contribution in [0, 0.1) is 11.7 Å². The van der Waals surface area contributed by atoms with Crippen LogP contribution in [-0.2, 0) is 0 Å². The molecule has 1 aliphatic rings. The average molecular weight is 252 g/mol. The Morgan fingerprint density at radius 3 is 2.65 bits per heavy atom. The lowest BCUT2D eigenvalue weighted by molar-refractivity contribution is 0.494. The quantitative estimate of drug-likeness (QED) is 0.809. The zero-order valence-corrected chi connectivity index (χ0v) is 10.9. The Hall–Kier alpha value is -1.16. The number of hydrogen-bond acceptors (Lipinski definition) is 2. The van der Waals surface area contributed by atoms with E-state index in [-0.39, 0.29) is 16.3 Å². The summed E-state index contributed by atoms with van der Waals surface area (Å²) in [5, 5.41) is 3.36. The second-order valence-corrected chi connectivity index (χ2v) is 5.59. The van der Waals surface area contributed by atoms with E-state index in [0.717, 1.165) is 0 Å². The van der Waals surface area contributed by atoms with Gasteiger partial charge >= 0.3 is 0 Å². The molecule has 0 amide bonds. The minimum Gasteiger partial charge on any atom is -0.389 e. The Labute approximate surface area is 106 Å². The van der Waals surface area contributed by atoms with E-state index in [1.165, 1.54) is 18.9 Å². The number of halogens is 1. The largest absolute Gasteiger partial charge is 0.389 e. The molecular weight excluding hydrogens is 235 g/mol. The lowest BCUT2D eigenvalue weighted by atomic mass is 9.97. The van der Waals surface area contributed by atoms with E-state index in [2.05, 4.69) is 19.2 Å². The highest BCUT2D eigenvalue weighted by atomic mass is 32.1. The fourth-order valence-corrected chi connectivity index (χ4v) is 2.34. The first-order chi connectivity index (χ1) is 7.92. The highest BCUT2D eigenvalue weighted by Crippen LogP contribution is 2.41. The molecule has 1 aromatic rings. The van der Waals surface area contributed by atoms with Crippen molar-refractivity contribution in [3.63, 3.8) is 0 Å². The normalized spacial score (nSPS) is 15.7. The SMILES string of the molecule is CC(C)(Nc1cccc(F)c1C(N)=S)C1CC1. The van der Waals surface area contributed by atoms with Gasteiger partial charge in [0.1, 0.15) is 10.8 Å². The van der Waals surface area contributed by atoms with Crippen LogP contribution >= 0.6 is 12.2 Å². The molecule has 0 bridgehead atoms. The van der Waals surface area contributed by atoms with Crippen molar-refractivity contribution in [2.45, 2.75) is 32.2 Å². The molecule has 0 atom stereocenters. The zero-order chi connectivity index (χ0) is 12.6. The number of rotatable bonds is 4. The van der Waals surface area contributed by atoms with Crippen LogP contribution in [0.3, 0.4) is 0 Å². The van der Waals surface area contributed by atoms with Gasteiger partial charge in [-0.1, -0.05) is 18.3 Å². The zero-order valence-electron chi connectivity index (χ0n) is 10.1. The molecule has 0 aliphatic heterocycles. The van der Waals surface area contributed by atoms with Gasteiger partial charge in [0.05, 0.1) is 5.56 Å². The van der Waals surface area contributed by atoms with Gasteiger partial charge in [-0.25, -0.2) is 4.39 Å². The maximum atomic E-state index is 13.7. The van der Waals surface area contributed by atoms with E-state index in [9.17, 15) is 4.39 Å². The molecule has 1 aliphatic carbocycles. The summed E-state index contributed by atoms with van der Waals surface area (Å²) in [6.45, 7) is 4.25. The third-order valence-electron chi connectivity index (χ3n) is 3.31. The average Bonchev–Trinajstić information content (AvgIpc) is 2.98. The Balaban J connectivity index is 2.32. The maximum Gasteiger partial charge on any atom is 0.135 e. The van der Waals surface area contributed by atoms with Gasteiger partial charge in [0.25, 0.3) is 0 Å². The van der Waals surface area contributed by atoms with Crippen LogP contribution < -0.4 is 11.1 Å². The summed E-state index contributed by atoms with van der Waals surface area (Å²) in [7, 11) is 0. The van der Waals surface area contributed by atoms with Gasteiger partial charge in [-0.3, -0.25) is 0 Å². The van der Waals surface area contributed by atoms with Crippen molar-refractivity contribution in [2.24, 2.45) is 11.7 Å². The molecule has 1 fully saturated rings. The molecule has 0 spiro atoms. The molecule has 0 radical (unpaired) electrons. The van der Waals surface area contributed by atoms with Crippen molar-refractivity contribution in [1.29, 1.82) is 0 Å². The molecular formula is C13H17FN2S. The Kier molecular flexibility index (Phi) is 3.08. The summed E-state index contributed by atoms with van der Waals surface area (Å²) in [5.74, 6) is 0.277. The third-order valence-corrected chi connectivity index (χ3v) is 3.52. The molecule has 92 valence electrons. The molecule has 0 aromatic heterocycles. The molecule has 0 saturated heterocycles. The maximum absolute atomic E-state index is 13.7. The molecule has 0 unspecified atom stereocenters. The van der Waals surface area contributed by atoms with Crippen LogP contribution in [0.1, 0.15) is 32.3 Å². The first-order valence-corrected chi connectivity index (χ1v) is 6.19. The van der Waals surface area contributed by atoms with Crippen LogP contribution in [0.2, 0.25) is 0 Å². The smallest absolute Gasteiger partial charge is 0.135 e. The van der Waals surface area contributed by atoms with E-state index in [0.29, 0.717) is 17.2 Å². The number of hydrogen-bond donors (Lipinski definition) is 2. The summed E-state index contributed by atoms with van der Waals surface area (Å²) in [5.41, 5.74) is 6.53. The van der Waals surface area contributed by atoms with Crippen LogP contribution in [0.25, 0.3) is 0 Å². The predicted octanol–water partition coefficient (Wildman–Crippen LogP) is 3.06. The highest BCUT2D eigenvalue weighted by Gasteiger charge is 2.38. The summed E-state index contributed by atoms with van der Waals surface area (Å²) < 4.78 is 13.7. The lowest BCUT2D eigenvalue weighted by Gasteiger charge is -2.28. The molecule has 0 heterocycles.